The highest BCUT2D eigenvalue weighted by Crippen LogP contribution is 2.28. The van der Waals surface area contributed by atoms with E-state index in [1.807, 2.05) is 60.0 Å². The zero-order valence-electron chi connectivity index (χ0n) is 17.5. The Morgan fingerprint density at radius 1 is 1.00 bits per heavy atom. The molecule has 0 bridgehead atoms. The summed E-state index contributed by atoms with van der Waals surface area (Å²) in [6.45, 7) is 1.75. The average molecular weight is 475 g/mol. The number of hydrogen-bond donors (Lipinski definition) is 2. The summed E-state index contributed by atoms with van der Waals surface area (Å²) in [6.07, 6.45) is 0. The number of thiazole rings is 2. The molecule has 3 aromatic heterocycles. The number of para-hydroxylation sites is 2. The molecule has 0 atom stereocenters. The number of hydrogen-bond acceptors (Lipinski definition) is 7. The molecule has 164 valence electrons. The number of fused-ring (bicyclic) bond motifs is 1. The molecule has 0 unspecified atom stereocenters. The van der Waals surface area contributed by atoms with Gasteiger partial charge in [0.25, 0.3) is 11.8 Å². The maximum Gasteiger partial charge on any atom is 0.281 e. The van der Waals surface area contributed by atoms with Gasteiger partial charge in [-0.2, -0.15) is 0 Å². The van der Waals surface area contributed by atoms with Crippen molar-refractivity contribution >= 4 is 45.5 Å². The van der Waals surface area contributed by atoms with Gasteiger partial charge in [-0.25, -0.2) is 15.0 Å². The molecular formula is C23H18N6O2S2. The average Bonchev–Trinajstić information content (AvgIpc) is 3.57. The summed E-state index contributed by atoms with van der Waals surface area (Å²) >= 11 is 2.74. The molecule has 0 aliphatic carbocycles. The first kappa shape index (κ1) is 21.0. The zero-order chi connectivity index (χ0) is 22.8. The molecule has 2 amide bonds. The van der Waals surface area contributed by atoms with E-state index in [0.717, 1.165) is 21.6 Å². The number of rotatable bonds is 5. The fraction of sp³-hybridized carbons (Fsp3) is 0.0870. The van der Waals surface area contributed by atoms with Crippen molar-refractivity contribution in [3.05, 3.63) is 76.1 Å². The zero-order valence-corrected chi connectivity index (χ0v) is 19.1. The number of imidazole rings is 1. The maximum atomic E-state index is 12.7. The molecule has 0 aliphatic rings. The van der Waals surface area contributed by atoms with Gasteiger partial charge in [-0.3, -0.25) is 20.4 Å². The van der Waals surface area contributed by atoms with Gasteiger partial charge in [0, 0.05) is 10.9 Å². The van der Waals surface area contributed by atoms with E-state index in [1.165, 1.54) is 22.7 Å². The molecule has 33 heavy (non-hydrogen) atoms. The second-order valence-electron chi connectivity index (χ2n) is 7.19. The van der Waals surface area contributed by atoms with Crippen molar-refractivity contribution in [1.82, 2.24) is 30.4 Å². The SMILES string of the molecule is Cc1nc(-c2ccccc2)sc1C(=O)NNC(=O)Cn1c(-c2cscn2)nc2ccccc21. The highest BCUT2D eigenvalue weighted by molar-refractivity contribution is 7.17. The van der Waals surface area contributed by atoms with Crippen LogP contribution in [0.3, 0.4) is 0 Å². The Morgan fingerprint density at radius 3 is 2.58 bits per heavy atom. The molecule has 0 saturated heterocycles. The van der Waals surface area contributed by atoms with Gasteiger partial charge in [-0.1, -0.05) is 42.5 Å². The Balaban J connectivity index is 1.31. The predicted molar refractivity (Wildman–Crippen MR) is 129 cm³/mol. The van der Waals surface area contributed by atoms with Crippen molar-refractivity contribution in [2.24, 2.45) is 0 Å². The molecule has 2 aromatic carbocycles. The lowest BCUT2D eigenvalue weighted by molar-refractivity contribution is -0.122. The fourth-order valence-electron chi connectivity index (χ4n) is 3.43. The standard InChI is InChI=1S/C23H18N6O2S2/c1-14-20(33-23(25-14)15-7-3-2-4-8-15)22(31)28-27-19(30)11-29-18-10-6-5-9-16(18)26-21(29)17-12-32-13-24-17/h2-10,12-13H,11H2,1H3,(H,27,30)(H,28,31). The summed E-state index contributed by atoms with van der Waals surface area (Å²) in [6, 6.07) is 17.2. The normalized spacial score (nSPS) is 10.9. The Kier molecular flexibility index (Phi) is 5.68. The number of carbonyl (C=O) groups excluding carboxylic acids is 2. The molecule has 5 rings (SSSR count). The van der Waals surface area contributed by atoms with Gasteiger partial charge in [0.05, 0.1) is 22.2 Å². The molecule has 0 saturated carbocycles. The number of benzene rings is 2. The number of nitrogens with one attached hydrogen (secondary N) is 2. The van der Waals surface area contributed by atoms with E-state index in [9.17, 15) is 9.59 Å². The number of nitrogens with zero attached hydrogens (tertiary/aromatic N) is 4. The lowest BCUT2D eigenvalue weighted by Crippen LogP contribution is -2.43. The van der Waals surface area contributed by atoms with Crippen LogP contribution in [0.1, 0.15) is 15.4 Å². The van der Waals surface area contributed by atoms with Crippen LogP contribution in [-0.2, 0) is 11.3 Å². The van der Waals surface area contributed by atoms with Crippen LogP contribution in [0.5, 0.6) is 0 Å². The highest BCUT2D eigenvalue weighted by atomic mass is 32.1. The highest BCUT2D eigenvalue weighted by Gasteiger charge is 2.19. The van der Waals surface area contributed by atoms with E-state index >= 15 is 0 Å². The quantitative estimate of drug-likeness (QED) is 0.374. The van der Waals surface area contributed by atoms with E-state index in [4.69, 9.17) is 0 Å². The molecule has 3 heterocycles. The Morgan fingerprint density at radius 2 is 1.79 bits per heavy atom. The number of hydrazine groups is 1. The van der Waals surface area contributed by atoms with Crippen LogP contribution in [0.15, 0.2) is 65.5 Å². The van der Waals surface area contributed by atoms with Crippen LogP contribution in [0.2, 0.25) is 0 Å². The molecule has 0 fully saturated rings. The van der Waals surface area contributed by atoms with Gasteiger partial charge in [-0.05, 0) is 19.1 Å². The van der Waals surface area contributed by atoms with Crippen LogP contribution in [-0.4, -0.2) is 31.3 Å². The van der Waals surface area contributed by atoms with Crippen molar-refractivity contribution in [1.29, 1.82) is 0 Å². The summed E-state index contributed by atoms with van der Waals surface area (Å²) in [5, 5.41) is 2.64. The third-order valence-corrected chi connectivity index (χ3v) is 6.75. The van der Waals surface area contributed by atoms with Gasteiger partial charge >= 0.3 is 0 Å². The van der Waals surface area contributed by atoms with Gasteiger partial charge in [0.2, 0.25) is 0 Å². The largest absolute Gasteiger partial charge is 0.313 e. The van der Waals surface area contributed by atoms with Crippen molar-refractivity contribution in [3.8, 4) is 22.1 Å². The molecule has 10 heteroatoms. The number of aryl methyl sites for hydroxylation is 1. The number of aromatic nitrogens is 4. The first-order valence-electron chi connectivity index (χ1n) is 10.1. The fourth-order valence-corrected chi connectivity index (χ4v) is 4.93. The first-order chi connectivity index (χ1) is 16.1. The second kappa shape index (κ2) is 8.93. The second-order valence-corrected chi connectivity index (χ2v) is 8.90. The van der Waals surface area contributed by atoms with Crippen molar-refractivity contribution < 1.29 is 9.59 Å². The minimum atomic E-state index is -0.407. The first-order valence-corrected chi connectivity index (χ1v) is 11.8. The van der Waals surface area contributed by atoms with Crippen LogP contribution >= 0.6 is 22.7 Å². The summed E-state index contributed by atoms with van der Waals surface area (Å²) in [4.78, 5) is 39.3. The summed E-state index contributed by atoms with van der Waals surface area (Å²) in [5.41, 5.74) is 10.6. The molecular weight excluding hydrogens is 456 g/mol. The van der Waals surface area contributed by atoms with Gasteiger partial charge < -0.3 is 4.57 Å². The van der Waals surface area contributed by atoms with E-state index in [0.29, 0.717) is 22.1 Å². The molecule has 0 radical (unpaired) electrons. The van der Waals surface area contributed by atoms with Gasteiger partial charge in [0.15, 0.2) is 5.82 Å². The van der Waals surface area contributed by atoms with E-state index < -0.39 is 5.91 Å². The van der Waals surface area contributed by atoms with Crippen LogP contribution in [0.4, 0.5) is 0 Å². The maximum absolute atomic E-state index is 12.7. The lowest BCUT2D eigenvalue weighted by Gasteiger charge is -2.10. The van der Waals surface area contributed by atoms with Crippen molar-refractivity contribution in [3.63, 3.8) is 0 Å². The minimum absolute atomic E-state index is 0.0232. The number of amides is 2. The third kappa shape index (κ3) is 4.26. The van der Waals surface area contributed by atoms with Gasteiger partial charge in [-0.15, -0.1) is 22.7 Å². The Bertz CT molecular complexity index is 1440. The third-order valence-electron chi connectivity index (χ3n) is 4.96. The lowest BCUT2D eigenvalue weighted by atomic mass is 10.2. The van der Waals surface area contributed by atoms with Crippen LogP contribution < -0.4 is 10.9 Å². The summed E-state index contributed by atoms with van der Waals surface area (Å²) in [7, 11) is 0. The van der Waals surface area contributed by atoms with E-state index in [-0.39, 0.29) is 12.5 Å². The van der Waals surface area contributed by atoms with Crippen LogP contribution in [0, 0.1) is 6.92 Å². The number of carbonyl (C=O) groups is 2. The van der Waals surface area contributed by atoms with E-state index in [2.05, 4.69) is 25.8 Å². The molecule has 2 N–H and O–H groups in total. The summed E-state index contributed by atoms with van der Waals surface area (Å²) < 4.78 is 1.79. The molecule has 0 aliphatic heterocycles. The molecule has 0 spiro atoms. The monoisotopic (exact) mass is 474 g/mol. The van der Waals surface area contributed by atoms with Crippen molar-refractivity contribution in [2.45, 2.75) is 13.5 Å². The summed E-state index contributed by atoms with van der Waals surface area (Å²) in [5.74, 6) is -0.186. The predicted octanol–water partition coefficient (Wildman–Crippen LogP) is 4.05. The van der Waals surface area contributed by atoms with Gasteiger partial charge in [0.1, 0.15) is 22.1 Å². The molecule has 5 aromatic rings. The van der Waals surface area contributed by atoms with Crippen molar-refractivity contribution in [2.75, 3.05) is 0 Å². The van der Waals surface area contributed by atoms with Crippen LogP contribution in [0.25, 0.3) is 33.1 Å². The smallest absolute Gasteiger partial charge is 0.281 e. The van der Waals surface area contributed by atoms with E-state index in [1.54, 1.807) is 17.0 Å². The molecule has 8 nitrogen and oxygen atoms in total. The topological polar surface area (TPSA) is 102 Å². The Labute approximate surface area is 196 Å². The Hall–Kier alpha value is -3.89. The minimum Gasteiger partial charge on any atom is -0.313 e.